The second-order valence-electron chi connectivity index (χ2n) is 7.60. The number of hydrogen-bond acceptors (Lipinski definition) is 5. The van der Waals surface area contributed by atoms with E-state index in [1.807, 2.05) is 30.1 Å². The summed E-state index contributed by atoms with van der Waals surface area (Å²) in [4.78, 5) is 26.1. The lowest BCUT2D eigenvalue weighted by atomic mass is 9.77. The van der Waals surface area contributed by atoms with Crippen molar-refractivity contribution in [2.24, 2.45) is 0 Å². The third-order valence-corrected chi connectivity index (χ3v) is 5.58. The summed E-state index contributed by atoms with van der Waals surface area (Å²) in [5, 5.41) is 9.69. The summed E-state index contributed by atoms with van der Waals surface area (Å²) in [6.45, 7) is 1.43. The lowest BCUT2D eigenvalue weighted by Crippen LogP contribution is -2.48. The van der Waals surface area contributed by atoms with E-state index in [0.717, 1.165) is 43.9 Å². The molecule has 2 aromatic rings. The second kappa shape index (κ2) is 6.27. The third kappa shape index (κ3) is 2.79. The molecule has 1 N–H and O–H groups in total. The number of amides is 1. The Morgan fingerprint density at radius 2 is 2.15 bits per heavy atom. The maximum atomic E-state index is 13.0. The van der Waals surface area contributed by atoms with Crippen LogP contribution < -0.4 is 4.90 Å². The number of piperidine rings is 1. The molecule has 2 aliphatic rings. The number of aryl methyl sites for hydroxylation is 1. The van der Waals surface area contributed by atoms with Gasteiger partial charge in [-0.15, -0.1) is 0 Å². The van der Waals surface area contributed by atoms with Crippen molar-refractivity contribution in [1.29, 1.82) is 0 Å². The van der Waals surface area contributed by atoms with Gasteiger partial charge in [0.1, 0.15) is 5.75 Å². The van der Waals surface area contributed by atoms with Gasteiger partial charge in [0.05, 0.1) is 5.69 Å². The van der Waals surface area contributed by atoms with E-state index in [2.05, 4.69) is 4.98 Å². The Bertz CT molecular complexity index is 847. The van der Waals surface area contributed by atoms with Crippen LogP contribution in [0.5, 0.6) is 5.75 Å². The van der Waals surface area contributed by atoms with Crippen LogP contribution in [0.2, 0.25) is 0 Å². The number of carbonyl (C=O) groups is 1. The van der Waals surface area contributed by atoms with Gasteiger partial charge in [-0.05, 0) is 49.4 Å². The van der Waals surface area contributed by atoms with Gasteiger partial charge in [-0.3, -0.25) is 4.79 Å². The zero-order valence-corrected chi connectivity index (χ0v) is 15.3. The number of rotatable bonds is 2. The van der Waals surface area contributed by atoms with E-state index in [9.17, 15) is 9.90 Å². The van der Waals surface area contributed by atoms with Crippen molar-refractivity contribution in [3.05, 3.63) is 47.3 Å². The first-order valence-electron chi connectivity index (χ1n) is 9.11. The summed E-state index contributed by atoms with van der Waals surface area (Å²) >= 11 is 0. The molecule has 1 fully saturated rings. The number of anilines is 1. The number of benzene rings is 1. The molecule has 6 heteroatoms. The Morgan fingerprint density at radius 1 is 1.31 bits per heavy atom. The number of fused-ring (bicyclic) bond motifs is 2. The molecular formula is C20H24N4O2. The second-order valence-corrected chi connectivity index (χ2v) is 7.60. The molecule has 0 saturated carbocycles. The summed E-state index contributed by atoms with van der Waals surface area (Å²) in [5.74, 6) is 0.828. The van der Waals surface area contributed by atoms with Crippen LogP contribution in [-0.4, -0.2) is 53.1 Å². The Balaban J connectivity index is 1.64. The minimum absolute atomic E-state index is 0.0182. The molecule has 0 bridgehead atoms. The highest BCUT2D eigenvalue weighted by molar-refractivity contribution is 5.94. The molecule has 1 aliphatic heterocycles. The molecule has 1 aromatic heterocycles. The lowest BCUT2D eigenvalue weighted by Gasteiger charge is -2.40. The zero-order chi connectivity index (χ0) is 18.3. The average molecular weight is 352 g/mol. The van der Waals surface area contributed by atoms with Gasteiger partial charge in [-0.2, -0.15) is 0 Å². The topological polar surface area (TPSA) is 69.6 Å². The summed E-state index contributed by atoms with van der Waals surface area (Å²) in [7, 11) is 3.89. The van der Waals surface area contributed by atoms with E-state index in [0.29, 0.717) is 12.1 Å². The van der Waals surface area contributed by atoms with Crippen molar-refractivity contribution < 1.29 is 9.90 Å². The molecular weight excluding hydrogens is 328 g/mol. The van der Waals surface area contributed by atoms with E-state index in [1.165, 1.54) is 5.56 Å². The molecule has 136 valence electrons. The number of likely N-dealkylation sites (tertiary alicyclic amines) is 1. The summed E-state index contributed by atoms with van der Waals surface area (Å²) in [6, 6.07) is 6.60. The zero-order valence-electron chi connectivity index (χ0n) is 15.3. The molecule has 1 aromatic carbocycles. The number of hydrogen-bond donors (Lipinski definition) is 1. The number of phenolic OH excluding ortho intramolecular Hbond substituents is 1. The molecule has 1 unspecified atom stereocenters. The van der Waals surface area contributed by atoms with Gasteiger partial charge >= 0.3 is 0 Å². The Morgan fingerprint density at radius 3 is 2.92 bits per heavy atom. The summed E-state index contributed by atoms with van der Waals surface area (Å²) < 4.78 is 0. The molecule has 26 heavy (non-hydrogen) atoms. The minimum atomic E-state index is -0.0756. The average Bonchev–Trinajstić information content (AvgIpc) is 2.98. The van der Waals surface area contributed by atoms with E-state index < -0.39 is 0 Å². The molecule has 1 spiro atoms. The normalized spacial score (nSPS) is 21.7. The first-order chi connectivity index (χ1) is 12.5. The van der Waals surface area contributed by atoms with Crippen LogP contribution in [0.1, 0.15) is 40.9 Å². The first kappa shape index (κ1) is 16.8. The number of carbonyl (C=O) groups excluding carboxylic acids is 1. The highest BCUT2D eigenvalue weighted by Gasteiger charge is 2.45. The lowest BCUT2D eigenvalue weighted by molar-refractivity contribution is 0.0633. The van der Waals surface area contributed by atoms with Crippen LogP contribution in [0, 0.1) is 0 Å². The number of nitrogens with zero attached hydrogens (tertiary/aromatic N) is 4. The van der Waals surface area contributed by atoms with Crippen LogP contribution in [-0.2, 0) is 11.8 Å². The molecule has 6 nitrogen and oxygen atoms in total. The van der Waals surface area contributed by atoms with Crippen molar-refractivity contribution in [3.63, 3.8) is 0 Å². The van der Waals surface area contributed by atoms with Gasteiger partial charge in [-0.25, -0.2) is 9.97 Å². The predicted octanol–water partition coefficient (Wildman–Crippen LogP) is 2.37. The Hall–Kier alpha value is -2.63. The quantitative estimate of drug-likeness (QED) is 0.899. The van der Waals surface area contributed by atoms with Gasteiger partial charge < -0.3 is 14.9 Å². The van der Waals surface area contributed by atoms with Gasteiger partial charge in [0.25, 0.3) is 5.91 Å². The number of phenols is 1. The first-order valence-corrected chi connectivity index (χ1v) is 9.11. The number of aromatic nitrogens is 2. The monoisotopic (exact) mass is 352 g/mol. The molecule has 1 aliphatic carbocycles. The van der Waals surface area contributed by atoms with Crippen molar-refractivity contribution in [1.82, 2.24) is 14.9 Å². The van der Waals surface area contributed by atoms with Crippen LogP contribution >= 0.6 is 0 Å². The standard InChI is InChI=1S/C20H24N4O2/c1-23(2)19-21-12-15-7-9-20(17(15)22-19)8-4-10-24(13-20)18(26)14-5-3-6-16(25)11-14/h3,5-6,11-12,25H,4,7-10,13H2,1-2H3. The van der Waals surface area contributed by atoms with E-state index in [1.54, 1.807) is 24.3 Å². The molecule has 4 rings (SSSR count). The smallest absolute Gasteiger partial charge is 0.254 e. The highest BCUT2D eigenvalue weighted by atomic mass is 16.3. The minimum Gasteiger partial charge on any atom is -0.508 e. The largest absolute Gasteiger partial charge is 0.508 e. The summed E-state index contributed by atoms with van der Waals surface area (Å²) in [6.07, 6.45) is 5.94. The summed E-state index contributed by atoms with van der Waals surface area (Å²) in [5.41, 5.74) is 2.79. The van der Waals surface area contributed by atoms with E-state index in [4.69, 9.17) is 4.98 Å². The van der Waals surface area contributed by atoms with Crippen molar-refractivity contribution >= 4 is 11.9 Å². The van der Waals surface area contributed by atoms with Crippen molar-refractivity contribution in [2.45, 2.75) is 31.1 Å². The molecule has 2 heterocycles. The molecule has 1 amide bonds. The van der Waals surface area contributed by atoms with Crippen LogP contribution in [0.4, 0.5) is 5.95 Å². The predicted molar refractivity (Wildman–Crippen MR) is 99.6 cm³/mol. The van der Waals surface area contributed by atoms with Gasteiger partial charge in [0, 0.05) is 44.4 Å². The molecule has 1 saturated heterocycles. The number of aromatic hydroxyl groups is 1. The molecule has 1 atom stereocenters. The molecule has 0 radical (unpaired) electrons. The SMILES string of the molecule is CN(C)c1ncc2c(n1)C1(CCCN(C(=O)c3cccc(O)c3)C1)CC2. The van der Waals surface area contributed by atoms with Crippen LogP contribution in [0.25, 0.3) is 0 Å². The van der Waals surface area contributed by atoms with Gasteiger partial charge in [0.2, 0.25) is 5.95 Å². The van der Waals surface area contributed by atoms with Crippen LogP contribution in [0.3, 0.4) is 0 Å². The van der Waals surface area contributed by atoms with Crippen molar-refractivity contribution in [2.75, 3.05) is 32.1 Å². The fourth-order valence-electron chi connectivity index (χ4n) is 4.27. The highest BCUT2D eigenvalue weighted by Crippen LogP contribution is 2.44. The third-order valence-electron chi connectivity index (χ3n) is 5.58. The fourth-order valence-corrected chi connectivity index (χ4v) is 4.27. The van der Waals surface area contributed by atoms with Crippen LogP contribution in [0.15, 0.2) is 30.5 Å². The Labute approximate surface area is 153 Å². The van der Waals surface area contributed by atoms with Gasteiger partial charge in [0.15, 0.2) is 0 Å². The maximum Gasteiger partial charge on any atom is 0.254 e. The fraction of sp³-hybridized carbons (Fsp3) is 0.450. The van der Waals surface area contributed by atoms with Crippen molar-refractivity contribution in [3.8, 4) is 5.75 Å². The van der Waals surface area contributed by atoms with E-state index >= 15 is 0 Å². The Kier molecular flexibility index (Phi) is 4.05. The van der Waals surface area contributed by atoms with Gasteiger partial charge in [-0.1, -0.05) is 6.07 Å². The maximum absolute atomic E-state index is 13.0. The van der Waals surface area contributed by atoms with E-state index in [-0.39, 0.29) is 17.1 Å².